The Morgan fingerprint density at radius 2 is 2.05 bits per heavy atom. The van der Waals surface area contributed by atoms with Crippen molar-refractivity contribution in [3.8, 4) is 0 Å². The van der Waals surface area contributed by atoms with Crippen LogP contribution in [0.25, 0.3) is 10.2 Å². The van der Waals surface area contributed by atoms with Crippen molar-refractivity contribution in [2.45, 2.75) is 25.3 Å². The number of hydrogen-bond donors (Lipinski definition) is 1. The lowest BCUT2D eigenvalue weighted by molar-refractivity contribution is 1.03. The summed E-state index contributed by atoms with van der Waals surface area (Å²) in [6.45, 7) is 2.08. The van der Waals surface area contributed by atoms with Gasteiger partial charge in [0.15, 0.2) is 0 Å². The van der Waals surface area contributed by atoms with Crippen molar-refractivity contribution < 1.29 is 0 Å². The Morgan fingerprint density at radius 1 is 1.24 bits per heavy atom. The van der Waals surface area contributed by atoms with Gasteiger partial charge in [0, 0.05) is 16.8 Å². The van der Waals surface area contributed by atoms with Crippen LogP contribution in [0.5, 0.6) is 0 Å². The summed E-state index contributed by atoms with van der Waals surface area (Å²) in [5, 5.41) is 4.91. The first kappa shape index (κ1) is 13.0. The molecule has 1 saturated carbocycles. The van der Waals surface area contributed by atoms with Crippen LogP contribution in [0.2, 0.25) is 5.28 Å². The van der Waals surface area contributed by atoms with E-state index in [1.807, 2.05) is 0 Å². The van der Waals surface area contributed by atoms with Crippen LogP contribution < -0.4 is 5.32 Å². The van der Waals surface area contributed by atoms with Gasteiger partial charge in [-0.3, -0.25) is 0 Å². The van der Waals surface area contributed by atoms with Crippen LogP contribution in [0, 0.1) is 6.92 Å². The molecule has 2 aromatic heterocycles. The predicted molar refractivity (Wildman–Crippen MR) is 88.4 cm³/mol. The van der Waals surface area contributed by atoms with Gasteiger partial charge in [0.2, 0.25) is 5.28 Å². The highest BCUT2D eigenvalue weighted by molar-refractivity contribution is 7.18. The molecule has 0 saturated heterocycles. The van der Waals surface area contributed by atoms with Gasteiger partial charge in [-0.25, -0.2) is 9.97 Å². The van der Waals surface area contributed by atoms with E-state index in [4.69, 9.17) is 11.6 Å². The molecule has 0 bridgehead atoms. The molecule has 1 aliphatic carbocycles. The van der Waals surface area contributed by atoms with E-state index in [9.17, 15) is 0 Å². The van der Waals surface area contributed by atoms with E-state index in [2.05, 4.69) is 58.6 Å². The highest BCUT2D eigenvalue weighted by atomic mass is 35.5. The summed E-state index contributed by atoms with van der Waals surface area (Å²) in [7, 11) is 0. The molecule has 3 nitrogen and oxygen atoms in total. The Kier molecular flexibility index (Phi) is 3.08. The molecule has 0 radical (unpaired) electrons. The van der Waals surface area contributed by atoms with E-state index in [1.165, 1.54) is 10.4 Å². The maximum Gasteiger partial charge on any atom is 0.225 e. The number of aromatic nitrogens is 2. The third-order valence-electron chi connectivity index (χ3n) is 3.83. The maximum absolute atomic E-state index is 6.03. The van der Waals surface area contributed by atoms with Gasteiger partial charge in [0.1, 0.15) is 10.6 Å². The summed E-state index contributed by atoms with van der Waals surface area (Å²) in [5.41, 5.74) is 1.38. The van der Waals surface area contributed by atoms with Gasteiger partial charge in [-0.05, 0) is 36.6 Å². The number of fused-ring (bicyclic) bond motifs is 1. The Labute approximate surface area is 132 Å². The monoisotopic (exact) mass is 315 g/mol. The van der Waals surface area contributed by atoms with Gasteiger partial charge in [0.05, 0.1) is 5.39 Å². The summed E-state index contributed by atoms with van der Waals surface area (Å²) in [6.07, 6.45) is 1.14. The summed E-state index contributed by atoms with van der Waals surface area (Å²) in [4.78, 5) is 10.8. The van der Waals surface area contributed by atoms with Crippen LogP contribution in [-0.4, -0.2) is 16.0 Å². The van der Waals surface area contributed by atoms with E-state index < -0.39 is 0 Å². The van der Waals surface area contributed by atoms with Gasteiger partial charge in [0.25, 0.3) is 0 Å². The third kappa shape index (κ3) is 2.49. The predicted octanol–water partition coefficient (Wildman–Crippen LogP) is 4.62. The van der Waals surface area contributed by atoms with Crippen molar-refractivity contribution >= 4 is 39.0 Å². The Balaban J connectivity index is 1.61. The smallest absolute Gasteiger partial charge is 0.225 e. The molecule has 0 spiro atoms. The maximum atomic E-state index is 6.03. The summed E-state index contributed by atoms with van der Waals surface area (Å²) in [5.74, 6) is 1.42. The fourth-order valence-electron chi connectivity index (χ4n) is 2.72. The molecule has 21 heavy (non-hydrogen) atoms. The quantitative estimate of drug-likeness (QED) is 0.717. The number of anilines is 1. The largest absolute Gasteiger partial charge is 0.366 e. The summed E-state index contributed by atoms with van der Waals surface area (Å²) in [6, 6.07) is 13.2. The second-order valence-corrected chi connectivity index (χ2v) is 6.99. The molecule has 1 N–H and O–H groups in total. The number of halogens is 1. The van der Waals surface area contributed by atoms with Gasteiger partial charge < -0.3 is 5.32 Å². The van der Waals surface area contributed by atoms with E-state index in [1.54, 1.807) is 11.3 Å². The molecule has 2 heterocycles. The molecule has 0 aliphatic heterocycles. The molecular formula is C16H14ClN3S. The number of hydrogen-bond acceptors (Lipinski definition) is 4. The molecule has 0 amide bonds. The zero-order valence-electron chi connectivity index (χ0n) is 11.5. The Bertz CT molecular complexity index is 800. The third-order valence-corrected chi connectivity index (χ3v) is 4.94. The van der Waals surface area contributed by atoms with Crippen molar-refractivity contribution in [2.75, 3.05) is 5.32 Å². The molecule has 1 aliphatic rings. The van der Waals surface area contributed by atoms with Crippen molar-refractivity contribution in [1.29, 1.82) is 0 Å². The zero-order chi connectivity index (χ0) is 14.4. The summed E-state index contributed by atoms with van der Waals surface area (Å²) >= 11 is 7.68. The highest BCUT2D eigenvalue weighted by Gasteiger charge is 2.38. The minimum atomic E-state index is 0.309. The van der Waals surface area contributed by atoms with Crippen LogP contribution in [0.1, 0.15) is 22.8 Å². The molecule has 1 aromatic carbocycles. The van der Waals surface area contributed by atoms with Crippen molar-refractivity contribution in [1.82, 2.24) is 9.97 Å². The topological polar surface area (TPSA) is 37.8 Å². The number of nitrogens with one attached hydrogen (secondary N) is 1. The number of benzene rings is 1. The fourth-order valence-corrected chi connectivity index (χ4v) is 3.82. The van der Waals surface area contributed by atoms with Gasteiger partial charge >= 0.3 is 0 Å². The lowest BCUT2D eigenvalue weighted by atomic mass is 10.1. The van der Waals surface area contributed by atoms with Gasteiger partial charge in [-0.2, -0.15) is 0 Å². The molecule has 2 atom stereocenters. The standard InChI is InChI=1S/C16H14ClN3S/c1-9-7-12-14(19-16(17)20-15(12)21-9)18-13-8-11(13)10-5-3-2-4-6-10/h2-7,11,13H,8H2,1H3,(H,18,19,20). The molecular weight excluding hydrogens is 302 g/mol. The van der Waals surface area contributed by atoms with Crippen LogP contribution in [0.15, 0.2) is 36.4 Å². The van der Waals surface area contributed by atoms with Crippen LogP contribution in [0.4, 0.5) is 5.82 Å². The normalized spacial score (nSPS) is 20.7. The second-order valence-electron chi connectivity index (χ2n) is 5.42. The second kappa shape index (κ2) is 4.97. The van der Waals surface area contributed by atoms with E-state index in [0.29, 0.717) is 17.2 Å². The lowest BCUT2D eigenvalue weighted by Crippen LogP contribution is -2.06. The van der Waals surface area contributed by atoms with Crippen LogP contribution in [-0.2, 0) is 0 Å². The van der Waals surface area contributed by atoms with Crippen molar-refractivity contribution in [3.63, 3.8) is 0 Å². The first-order chi connectivity index (χ1) is 10.2. The number of rotatable bonds is 3. The van der Waals surface area contributed by atoms with E-state index in [0.717, 1.165) is 22.5 Å². The molecule has 2 unspecified atom stereocenters. The number of nitrogens with zero attached hydrogens (tertiary/aromatic N) is 2. The first-order valence-electron chi connectivity index (χ1n) is 6.96. The molecule has 1 fully saturated rings. The average Bonchev–Trinajstić information content (AvgIpc) is 3.13. The summed E-state index contributed by atoms with van der Waals surface area (Å²) < 4.78 is 0. The molecule has 106 valence electrons. The molecule has 4 rings (SSSR count). The first-order valence-corrected chi connectivity index (χ1v) is 8.15. The van der Waals surface area contributed by atoms with Crippen LogP contribution in [0.3, 0.4) is 0 Å². The van der Waals surface area contributed by atoms with Gasteiger partial charge in [-0.15, -0.1) is 11.3 Å². The minimum Gasteiger partial charge on any atom is -0.366 e. The van der Waals surface area contributed by atoms with Crippen LogP contribution >= 0.6 is 22.9 Å². The lowest BCUT2D eigenvalue weighted by Gasteiger charge is -2.07. The van der Waals surface area contributed by atoms with E-state index in [-0.39, 0.29) is 0 Å². The molecule has 3 aromatic rings. The van der Waals surface area contributed by atoms with E-state index >= 15 is 0 Å². The minimum absolute atomic E-state index is 0.309. The average molecular weight is 316 g/mol. The number of aryl methyl sites for hydroxylation is 1. The van der Waals surface area contributed by atoms with Crippen molar-refractivity contribution in [2.24, 2.45) is 0 Å². The molecule has 5 heteroatoms. The fraction of sp³-hybridized carbons (Fsp3) is 0.250. The Morgan fingerprint density at radius 3 is 2.86 bits per heavy atom. The van der Waals surface area contributed by atoms with Gasteiger partial charge in [-0.1, -0.05) is 30.3 Å². The van der Waals surface area contributed by atoms with Crippen molar-refractivity contribution in [3.05, 3.63) is 52.1 Å². The zero-order valence-corrected chi connectivity index (χ0v) is 13.1. The Hall–Kier alpha value is -1.65. The number of thiophene rings is 1. The highest BCUT2D eigenvalue weighted by Crippen LogP contribution is 2.43. The SMILES string of the molecule is Cc1cc2c(NC3CC3c3ccccc3)nc(Cl)nc2s1.